The predicted octanol–water partition coefficient (Wildman–Crippen LogP) is 1.40. The van der Waals surface area contributed by atoms with Crippen LogP contribution in [0.4, 0.5) is 11.4 Å². The van der Waals surface area contributed by atoms with Crippen molar-refractivity contribution in [2.75, 3.05) is 36.9 Å². The van der Waals surface area contributed by atoms with Gasteiger partial charge in [0.05, 0.1) is 24.9 Å². The lowest BCUT2D eigenvalue weighted by atomic mass is 9.78. The molecule has 0 amide bonds. The van der Waals surface area contributed by atoms with E-state index in [-0.39, 0.29) is 25.2 Å². The van der Waals surface area contributed by atoms with Crippen LogP contribution in [0.3, 0.4) is 0 Å². The maximum Gasteiger partial charge on any atom is 0.196 e. The molecule has 0 spiro atoms. The van der Waals surface area contributed by atoms with Crippen LogP contribution in [0.15, 0.2) is 42.5 Å². The number of fused-ring (bicyclic) bond motifs is 2. The monoisotopic (exact) mass is 351 g/mol. The average Bonchev–Trinajstić information content (AvgIpc) is 2.68. The van der Waals surface area contributed by atoms with Gasteiger partial charge in [0.15, 0.2) is 5.78 Å². The summed E-state index contributed by atoms with van der Waals surface area (Å²) in [5, 5.41) is 28.0. The molecule has 0 bridgehead atoms. The molecular weight excluding hydrogens is 330 g/mol. The van der Waals surface area contributed by atoms with Crippen LogP contribution in [0.2, 0.25) is 0 Å². The Morgan fingerprint density at radius 2 is 1.73 bits per heavy atom. The number of carbonyl (C=O) groups is 1. The van der Waals surface area contributed by atoms with E-state index in [9.17, 15) is 4.79 Å². The number of anilines is 2. The van der Waals surface area contributed by atoms with Gasteiger partial charge < -0.3 is 20.8 Å². The number of hydrogen-bond donors (Lipinski definition) is 5. The molecule has 0 unspecified atom stereocenters. The van der Waals surface area contributed by atoms with Gasteiger partial charge in [0.1, 0.15) is 0 Å². The minimum atomic E-state index is -0.130. The number of hydrogen-bond acceptors (Lipinski definition) is 6. The first kappa shape index (κ1) is 16.8. The fourth-order valence-corrected chi connectivity index (χ4v) is 3.64. The summed E-state index contributed by atoms with van der Waals surface area (Å²) in [5.41, 5.74) is 5.73. The standard InChI is InChI=1S/C20H21N3O3/c24-9-7-21-15-5-6-16-18-14(11-17(23-16)22-8-10-25)12-3-1-2-4-13(12)20(26)19(15)18/h1-6,11,17,21-25H,7-10H2/t17-/m1/s1. The fourth-order valence-electron chi connectivity index (χ4n) is 3.64. The topological polar surface area (TPSA) is 93.6 Å². The van der Waals surface area contributed by atoms with Crippen LogP contribution in [0, 0.1) is 0 Å². The lowest BCUT2D eigenvalue weighted by molar-refractivity contribution is 0.103. The summed E-state index contributed by atoms with van der Waals surface area (Å²) in [6, 6.07) is 11.4. The van der Waals surface area contributed by atoms with E-state index in [0.717, 1.165) is 28.1 Å². The first-order valence-electron chi connectivity index (χ1n) is 8.73. The van der Waals surface area contributed by atoms with E-state index >= 15 is 0 Å². The van der Waals surface area contributed by atoms with Gasteiger partial charge in [-0.25, -0.2) is 0 Å². The Kier molecular flexibility index (Phi) is 4.46. The average molecular weight is 351 g/mol. The second-order valence-electron chi connectivity index (χ2n) is 6.32. The molecule has 1 heterocycles. The molecule has 2 aromatic rings. The third-order valence-corrected chi connectivity index (χ3v) is 4.71. The Bertz CT molecular complexity index is 892. The van der Waals surface area contributed by atoms with E-state index in [1.807, 2.05) is 36.4 Å². The van der Waals surface area contributed by atoms with Crippen LogP contribution in [0.5, 0.6) is 0 Å². The molecule has 2 aromatic carbocycles. The maximum absolute atomic E-state index is 13.2. The van der Waals surface area contributed by atoms with E-state index in [1.54, 1.807) is 0 Å². The zero-order valence-corrected chi connectivity index (χ0v) is 14.2. The van der Waals surface area contributed by atoms with Crippen molar-refractivity contribution in [2.24, 2.45) is 0 Å². The Morgan fingerprint density at radius 1 is 0.962 bits per heavy atom. The number of aliphatic hydroxyl groups is 2. The molecule has 2 aliphatic rings. The highest BCUT2D eigenvalue weighted by Gasteiger charge is 2.34. The van der Waals surface area contributed by atoms with Crippen LogP contribution in [-0.2, 0) is 0 Å². The number of carbonyl (C=O) groups excluding carboxylic acids is 1. The van der Waals surface area contributed by atoms with Gasteiger partial charge in [-0.1, -0.05) is 24.3 Å². The van der Waals surface area contributed by atoms with Crippen molar-refractivity contribution >= 4 is 22.7 Å². The normalized spacial score (nSPS) is 17.1. The third-order valence-electron chi connectivity index (χ3n) is 4.71. The molecule has 0 saturated carbocycles. The highest BCUT2D eigenvalue weighted by atomic mass is 16.3. The first-order chi connectivity index (χ1) is 12.7. The van der Waals surface area contributed by atoms with Gasteiger partial charge in [-0.05, 0) is 29.3 Å². The van der Waals surface area contributed by atoms with Crippen LogP contribution in [-0.4, -0.2) is 48.5 Å². The van der Waals surface area contributed by atoms with Gasteiger partial charge in [-0.15, -0.1) is 0 Å². The third kappa shape index (κ3) is 2.68. The smallest absolute Gasteiger partial charge is 0.196 e. The molecule has 0 saturated heterocycles. The molecule has 134 valence electrons. The van der Waals surface area contributed by atoms with Crippen LogP contribution in [0.25, 0.3) is 5.57 Å². The Balaban J connectivity index is 1.89. The molecule has 0 aromatic heterocycles. The van der Waals surface area contributed by atoms with Crippen LogP contribution >= 0.6 is 0 Å². The molecule has 1 atom stereocenters. The minimum absolute atomic E-state index is 0.00456. The molecule has 6 nitrogen and oxygen atoms in total. The second-order valence-corrected chi connectivity index (χ2v) is 6.32. The van der Waals surface area contributed by atoms with E-state index in [2.05, 4.69) is 22.0 Å². The second kappa shape index (κ2) is 6.92. The summed E-state index contributed by atoms with van der Waals surface area (Å²) >= 11 is 0. The van der Waals surface area contributed by atoms with Gasteiger partial charge in [0.2, 0.25) is 0 Å². The summed E-state index contributed by atoms with van der Waals surface area (Å²) in [5.74, 6) is -0.0152. The molecular formula is C20H21N3O3. The maximum atomic E-state index is 13.2. The highest BCUT2D eigenvalue weighted by molar-refractivity contribution is 6.23. The molecule has 1 aliphatic heterocycles. The SMILES string of the molecule is O=C1c2ccccc2C2=C[C@H](NCCO)Nc3ccc(NCCO)c1c32. The number of nitrogens with one attached hydrogen (secondary N) is 3. The van der Waals surface area contributed by atoms with Gasteiger partial charge in [-0.2, -0.15) is 0 Å². The Hall–Kier alpha value is -2.67. The van der Waals surface area contributed by atoms with Crippen molar-refractivity contribution in [2.45, 2.75) is 6.17 Å². The summed E-state index contributed by atoms with van der Waals surface area (Å²) in [6.45, 7) is 0.905. The molecule has 5 N–H and O–H groups in total. The number of rotatable bonds is 6. The zero-order valence-electron chi connectivity index (χ0n) is 14.2. The largest absolute Gasteiger partial charge is 0.395 e. The van der Waals surface area contributed by atoms with Gasteiger partial charge >= 0.3 is 0 Å². The molecule has 6 heteroatoms. The quantitative estimate of drug-likeness (QED) is 0.461. The van der Waals surface area contributed by atoms with E-state index in [0.29, 0.717) is 24.2 Å². The zero-order chi connectivity index (χ0) is 18.1. The van der Waals surface area contributed by atoms with Gasteiger partial charge in [-0.3, -0.25) is 10.1 Å². The molecule has 4 rings (SSSR count). The van der Waals surface area contributed by atoms with Crippen LogP contribution < -0.4 is 16.0 Å². The van der Waals surface area contributed by atoms with Crippen molar-refractivity contribution in [3.8, 4) is 0 Å². The van der Waals surface area contributed by atoms with Crippen molar-refractivity contribution in [1.82, 2.24) is 5.32 Å². The van der Waals surface area contributed by atoms with Crippen molar-refractivity contribution in [1.29, 1.82) is 0 Å². The molecule has 26 heavy (non-hydrogen) atoms. The minimum Gasteiger partial charge on any atom is -0.395 e. The first-order valence-corrected chi connectivity index (χ1v) is 8.73. The summed E-state index contributed by atoms with van der Waals surface area (Å²) < 4.78 is 0. The van der Waals surface area contributed by atoms with E-state index in [4.69, 9.17) is 10.2 Å². The Morgan fingerprint density at radius 3 is 2.50 bits per heavy atom. The fraction of sp³-hybridized carbons (Fsp3) is 0.250. The summed E-state index contributed by atoms with van der Waals surface area (Å²) in [6.07, 6.45) is 1.93. The Labute approximate surface area is 151 Å². The number of aliphatic hydroxyl groups excluding tert-OH is 2. The van der Waals surface area contributed by atoms with Crippen molar-refractivity contribution in [3.63, 3.8) is 0 Å². The summed E-state index contributed by atoms with van der Waals surface area (Å²) in [4.78, 5) is 13.2. The van der Waals surface area contributed by atoms with E-state index in [1.165, 1.54) is 0 Å². The van der Waals surface area contributed by atoms with E-state index < -0.39 is 0 Å². The lowest BCUT2D eigenvalue weighted by Gasteiger charge is -2.33. The number of ketones is 1. The lowest BCUT2D eigenvalue weighted by Crippen LogP contribution is -2.39. The van der Waals surface area contributed by atoms with Crippen LogP contribution in [0.1, 0.15) is 27.0 Å². The van der Waals surface area contributed by atoms with Gasteiger partial charge in [0.25, 0.3) is 0 Å². The molecule has 0 radical (unpaired) electrons. The number of benzene rings is 2. The van der Waals surface area contributed by atoms with Crippen molar-refractivity contribution < 1.29 is 15.0 Å². The molecule has 1 aliphatic carbocycles. The molecule has 0 fully saturated rings. The van der Waals surface area contributed by atoms with Gasteiger partial charge in [0, 0.05) is 35.6 Å². The highest BCUT2D eigenvalue weighted by Crippen LogP contribution is 2.44. The predicted molar refractivity (Wildman–Crippen MR) is 101 cm³/mol. The van der Waals surface area contributed by atoms with Crippen molar-refractivity contribution in [3.05, 3.63) is 64.7 Å². The summed E-state index contributed by atoms with van der Waals surface area (Å²) in [7, 11) is 0.